The molecule has 0 aliphatic heterocycles. The Kier molecular flexibility index (Phi) is 8.07. The molecule has 3 nitrogen and oxygen atoms in total. The number of amides is 2. The largest absolute Gasteiger partial charge is 0.337 e. The number of nitrogens with one attached hydrogen (secondary N) is 2. The molecule has 0 unspecified atom stereocenters. The fraction of sp³-hybridized carbons (Fsp3) is 0.533. The number of halogens is 1. The van der Waals surface area contributed by atoms with Gasteiger partial charge in [0.2, 0.25) is 0 Å². The van der Waals surface area contributed by atoms with E-state index in [0.717, 1.165) is 12.1 Å². The normalized spacial score (nSPS) is 10.2. The van der Waals surface area contributed by atoms with E-state index >= 15 is 0 Å². The van der Waals surface area contributed by atoms with E-state index in [2.05, 4.69) is 23.6 Å². The minimum absolute atomic E-state index is 0.205. The highest BCUT2D eigenvalue weighted by Crippen LogP contribution is 2.13. The summed E-state index contributed by atoms with van der Waals surface area (Å²) >= 11 is 5.51. The summed E-state index contributed by atoms with van der Waals surface area (Å²) in [5, 5.41) is 5.49. The molecular formula is C15H23ClN2O. The van der Waals surface area contributed by atoms with E-state index in [1.165, 1.54) is 31.2 Å². The van der Waals surface area contributed by atoms with Crippen molar-refractivity contribution in [3.8, 4) is 0 Å². The fourth-order valence-electron chi connectivity index (χ4n) is 1.90. The monoisotopic (exact) mass is 282 g/mol. The predicted molar refractivity (Wildman–Crippen MR) is 82.0 cm³/mol. The SMILES string of the molecule is CCCCCCc1cccc(NC(=O)NCCCl)c1. The second kappa shape index (κ2) is 9.68. The molecule has 0 fully saturated rings. The van der Waals surface area contributed by atoms with Gasteiger partial charge in [0.25, 0.3) is 0 Å². The Bertz CT molecular complexity index is 382. The van der Waals surface area contributed by atoms with Crippen molar-refractivity contribution < 1.29 is 4.79 Å². The van der Waals surface area contributed by atoms with E-state index in [0.29, 0.717) is 12.4 Å². The first-order valence-electron chi connectivity index (χ1n) is 6.96. The highest BCUT2D eigenvalue weighted by molar-refractivity contribution is 6.18. The molecule has 1 rings (SSSR count). The molecule has 0 bridgehead atoms. The molecular weight excluding hydrogens is 260 g/mol. The van der Waals surface area contributed by atoms with Crippen molar-refractivity contribution in [2.75, 3.05) is 17.7 Å². The van der Waals surface area contributed by atoms with Crippen LogP contribution in [0.5, 0.6) is 0 Å². The Labute approximate surface area is 120 Å². The number of hydrogen-bond donors (Lipinski definition) is 2. The zero-order valence-electron chi connectivity index (χ0n) is 11.5. The molecule has 106 valence electrons. The first-order chi connectivity index (χ1) is 9.26. The van der Waals surface area contributed by atoms with Crippen molar-refractivity contribution in [1.82, 2.24) is 5.32 Å². The maximum Gasteiger partial charge on any atom is 0.319 e. The number of aryl methyl sites for hydroxylation is 1. The summed E-state index contributed by atoms with van der Waals surface area (Å²) in [7, 11) is 0. The number of alkyl halides is 1. The molecule has 1 aromatic carbocycles. The quantitative estimate of drug-likeness (QED) is 0.545. The minimum atomic E-state index is -0.205. The molecule has 0 spiro atoms. The summed E-state index contributed by atoms with van der Waals surface area (Å²) in [5.74, 6) is 0.422. The second-order valence-corrected chi connectivity index (χ2v) is 4.96. The molecule has 0 aromatic heterocycles. The van der Waals surface area contributed by atoms with Gasteiger partial charge in [-0.25, -0.2) is 4.79 Å². The van der Waals surface area contributed by atoms with Crippen LogP contribution in [0, 0.1) is 0 Å². The van der Waals surface area contributed by atoms with Gasteiger partial charge in [0.1, 0.15) is 0 Å². The van der Waals surface area contributed by atoms with Crippen LogP contribution >= 0.6 is 11.6 Å². The van der Waals surface area contributed by atoms with Crippen LogP contribution in [0.25, 0.3) is 0 Å². The third kappa shape index (κ3) is 7.06. The summed E-state index contributed by atoms with van der Waals surface area (Å²) in [6, 6.07) is 7.81. The van der Waals surface area contributed by atoms with Crippen molar-refractivity contribution >= 4 is 23.3 Å². The Balaban J connectivity index is 2.40. The summed E-state index contributed by atoms with van der Waals surface area (Å²) in [4.78, 5) is 11.5. The Morgan fingerprint density at radius 2 is 2.11 bits per heavy atom. The number of benzene rings is 1. The van der Waals surface area contributed by atoms with Gasteiger partial charge >= 0.3 is 6.03 Å². The molecule has 2 N–H and O–H groups in total. The Morgan fingerprint density at radius 3 is 2.84 bits per heavy atom. The van der Waals surface area contributed by atoms with Crippen LogP contribution in [-0.2, 0) is 6.42 Å². The number of carbonyl (C=O) groups is 1. The lowest BCUT2D eigenvalue weighted by Gasteiger charge is -2.08. The van der Waals surface area contributed by atoms with Crippen LogP contribution in [0.4, 0.5) is 10.5 Å². The van der Waals surface area contributed by atoms with Crippen LogP contribution in [0.15, 0.2) is 24.3 Å². The van der Waals surface area contributed by atoms with Gasteiger partial charge in [0.15, 0.2) is 0 Å². The van der Waals surface area contributed by atoms with Crippen molar-refractivity contribution in [1.29, 1.82) is 0 Å². The lowest BCUT2D eigenvalue weighted by Crippen LogP contribution is -2.30. The third-order valence-corrected chi connectivity index (χ3v) is 3.07. The van der Waals surface area contributed by atoms with Gasteiger partial charge in [-0.3, -0.25) is 0 Å². The Morgan fingerprint density at radius 1 is 1.26 bits per heavy atom. The smallest absolute Gasteiger partial charge is 0.319 e. The van der Waals surface area contributed by atoms with Gasteiger partial charge in [-0.05, 0) is 30.5 Å². The summed E-state index contributed by atoms with van der Waals surface area (Å²) < 4.78 is 0. The highest BCUT2D eigenvalue weighted by atomic mass is 35.5. The first kappa shape index (κ1) is 15.8. The molecule has 0 atom stereocenters. The average molecular weight is 283 g/mol. The number of unbranched alkanes of at least 4 members (excludes halogenated alkanes) is 3. The summed E-state index contributed by atoms with van der Waals surface area (Å²) in [6.45, 7) is 2.69. The predicted octanol–water partition coefficient (Wildman–Crippen LogP) is 4.17. The maximum absolute atomic E-state index is 11.5. The molecule has 0 saturated heterocycles. The van der Waals surface area contributed by atoms with Gasteiger partial charge in [-0.1, -0.05) is 38.3 Å². The van der Waals surface area contributed by atoms with Crippen molar-refractivity contribution in [3.05, 3.63) is 29.8 Å². The van der Waals surface area contributed by atoms with E-state index in [-0.39, 0.29) is 6.03 Å². The molecule has 1 aromatic rings. The van der Waals surface area contributed by atoms with Crippen molar-refractivity contribution in [2.45, 2.75) is 39.0 Å². The van der Waals surface area contributed by atoms with Gasteiger partial charge in [-0.15, -0.1) is 11.6 Å². The first-order valence-corrected chi connectivity index (χ1v) is 7.49. The molecule has 0 aliphatic rings. The summed E-state index contributed by atoms with van der Waals surface area (Å²) in [5.41, 5.74) is 2.10. The van der Waals surface area contributed by atoms with Crippen LogP contribution in [-0.4, -0.2) is 18.5 Å². The van der Waals surface area contributed by atoms with Crippen molar-refractivity contribution in [2.24, 2.45) is 0 Å². The van der Waals surface area contributed by atoms with E-state index < -0.39 is 0 Å². The van der Waals surface area contributed by atoms with Crippen LogP contribution < -0.4 is 10.6 Å². The highest BCUT2D eigenvalue weighted by Gasteiger charge is 2.01. The fourth-order valence-corrected chi connectivity index (χ4v) is 1.99. The standard InChI is InChI=1S/C15H23ClN2O/c1-2-3-4-5-7-13-8-6-9-14(12-13)18-15(19)17-11-10-16/h6,8-9,12H,2-5,7,10-11H2,1H3,(H2,17,18,19). The minimum Gasteiger partial charge on any atom is -0.337 e. The van der Waals surface area contributed by atoms with Gasteiger partial charge < -0.3 is 10.6 Å². The second-order valence-electron chi connectivity index (χ2n) is 4.58. The average Bonchev–Trinajstić information content (AvgIpc) is 2.42. The number of urea groups is 1. The Hall–Kier alpha value is -1.22. The van der Waals surface area contributed by atoms with Gasteiger partial charge in [0.05, 0.1) is 0 Å². The number of carbonyl (C=O) groups excluding carboxylic acids is 1. The molecule has 4 heteroatoms. The van der Waals surface area contributed by atoms with Gasteiger partial charge in [-0.2, -0.15) is 0 Å². The van der Waals surface area contributed by atoms with E-state index in [9.17, 15) is 4.79 Å². The zero-order valence-corrected chi connectivity index (χ0v) is 12.3. The molecule has 0 radical (unpaired) electrons. The molecule has 0 heterocycles. The zero-order chi connectivity index (χ0) is 13.9. The summed E-state index contributed by atoms with van der Waals surface area (Å²) in [6.07, 6.45) is 6.08. The number of rotatable bonds is 8. The molecule has 0 aliphatic carbocycles. The maximum atomic E-state index is 11.5. The van der Waals surface area contributed by atoms with E-state index in [1.54, 1.807) is 0 Å². The van der Waals surface area contributed by atoms with Crippen LogP contribution in [0.3, 0.4) is 0 Å². The van der Waals surface area contributed by atoms with E-state index in [1.807, 2.05) is 18.2 Å². The van der Waals surface area contributed by atoms with Crippen LogP contribution in [0.2, 0.25) is 0 Å². The lowest BCUT2D eigenvalue weighted by molar-refractivity contribution is 0.252. The molecule has 0 saturated carbocycles. The third-order valence-electron chi connectivity index (χ3n) is 2.88. The number of anilines is 1. The van der Waals surface area contributed by atoms with Crippen molar-refractivity contribution in [3.63, 3.8) is 0 Å². The number of hydrogen-bond acceptors (Lipinski definition) is 1. The molecule has 2 amide bonds. The van der Waals surface area contributed by atoms with E-state index in [4.69, 9.17) is 11.6 Å². The topological polar surface area (TPSA) is 41.1 Å². The molecule has 19 heavy (non-hydrogen) atoms. The van der Waals surface area contributed by atoms with Gasteiger partial charge in [0, 0.05) is 18.1 Å². The lowest BCUT2D eigenvalue weighted by atomic mass is 10.1. The van der Waals surface area contributed by atoms with Crippen LogP contribution in [0.1, 0.15) is 38.2 Å².